The van der Waals surface area contributed by atoms with Crippen LogP contribution in [0, 0.1) is 0 Å². The van der Waals surface area contributed by atoms with Gasteiger partial charge in [-0.1, -0.05) is 19.9 Å². The first-order chi connectivity index (χ1) is 7.81. The van der Waals surface area contributed by atoms with Crippen LogP contribution in [-0.2, 0) is 0 Å². The lowest BCUT2D eigenvalue weighted by Crippen LogP contribution is -2.32. The first-order valence-corrected chi connectivity index (χ1v) is 7.15. The van der Waals surface area contributed by atoms with Gasteiger partial charge >= 0.3 is 0 Å². The predicted molar refractivity (Wildman–Crippen MR) is 73.1 cm³/mol. The van der Waals surface area contributed by atoms with Gasteiger partial charge < -0.3 is 10.6 Å². The Balaban J connectivity index is 2.53. The van der Waals surface area contributed by atoms with E-state index in [0.717, 1.165) is 13.1 Å². The summed E-state index contributed by atoms with van der Waals surface area (Å²) in [4.78, 5) is 3.97. The lowest BCUT2D eigenvalue weighted by molar-refractivity contribution is 0.259. The molecule has 1 heterocycles. The fourth-order valence-corrected chi connectivity index (χ4v) is 2.88. The van der Waals surface area contributed by atoms with E-state index in [-0.39, 0.29) is 0 Å². The highest BCUT2D eigenvalue weighted by atomic mass is 32.1. The summed E-state index contributed by atoms with van der Waals surface area (Å²) in [5, 5.41) is 2.14. The van der Waals surface area contributed by atoms with Crippen molar-refractivity contribution in [2.75, 3.05) is 26.2 Å². The molecule has 0 radical (unpaired) electrons. The zero-order valence-electron chi connectivity index (χ0n) is 10.5. The number of nitrogens with zero attached hydrogens (tertiary/aromatic N) is 1. The zero-order valence-corrected chi connectivity index (χ0v) is 11.3. The molecule has 0 spiro atoms. The van der Waals surface area contributed by atoms with E-state index < -0.39 is 0 Å². The molecule has 1 rings (SSSR count). The lowest BCUT2D eigenvalue weighted by Gasteiger charge is -2.25. The molecule has 92 valence electrons. The highest BCUT2D eigenvalue weighted by molar-refractivity contribution is 7.10. The Hall–Kier alpha value is -0.380. The van der Waals surface area contributed by atoms with E-state index in [2.05, 4.69) is 36.3 Å². The third-order valence-corrected chi connectivity index (χ3v) is 3.82. The maximum absolute atomic E-state index is 5.88. The molecule has 0 aliphatic heterocycles. The molecule has 0 fully saturated rings. The van der Waals surface area contributed by atoms with Gasteiger partial charge in [0.1, 0.15) is 0 Å². The van der Waals surface area contributed by atoms with Crippen LogP contribution in [-0.4, -0.2) is 31.1 Å². The lowest BCUT2D eigenvalue weighted by atomic mass is 10.1. The Morgan fingerprint density at radius 2 is 2.00 bits per heavy atom. The summed E-state index contributed by atoms with van der Waals surface area (Å²) < 4.78 is 0. The first kappa shape index (κ1) is 13.7. The van der Waals surface area contributed by atoms with Crippen LogP contribution in [0.1, 0.15) is 37.5 Å². The van der Waals surface area contributed by atoms with Crippen LogP contribution in [0.2, 0.25) is 0 Å². The molecule has 2 N–H and O–H groups in total. The summed E-state index contributed by atoms with van der Waals surface area (Å²) in [6, 6.07) is 4.32. The molecular formula is C13H24N2S. The van der Waals surface area contributed by atoms with Gasteiger partial charge in [-0.15, -0.1) is 11.3 Å². The smallest absolute Gasteiger partial charge is 0.0183 e. The van der Waals surface area contributed by atoms with Crippen LogP contribution in [0.4, 0.5) is 0 Å². The summed E-state index contributed by atoms with van der Waals surface area (Å²) >= 11 is 1.83. The van der Waals surface area contributed by atoms with Crippen LogP contribution >= 0.6 is 11.3 Å². The van der Waals surface area contributed by atoms with Crippen molar-refractivity contribution in [2.45, 2.75) is 32.6 Å². The van der Waals surface area contributed by atoms with Crippen molar-refractivity contribution in [3.63, 3.8) is 0 Å². The van der Waals surface area contributed by atoms with Gasteiger partial charge in [-0.05, 0) is 37.4 Å². The third kappa shape index (κ3) is 4.24. The minimum absolute atomic E-state index is 0.512. The SMILES string of the molecule is CCCN(CCC)CC(CN)c1cccs1. The zero-order chi connectivity index (χ0) is 11.8. The molecule has 0 saturated carbocycles. The summed E-state index contributed by atoms with van der Waals surface area (Å²) in [6.45, 7) is 8.73. The number of hydrogen-bond acceptors (Lipinski definition) is 3. The van der Waals surface area contributed by atoms with Gasteiger partial charge in [0, 0.05) is 23.9 Å². The molecule has 1 aromatic heterocycles. The van der Waals surface area contributed by atoms with E-state index in [9.17, 15) is 0 Å². The van der Waals surface area contributed by atoms with Crippen molar-refractivity contribution in [3.8, 4) is 0 Å². The highest BCUT2D eigenvalue weighted by Crippen LogP contribution is 2.21. The third-order valence-electron chi connectivity index (χ3n) is 2.79. The average molecular weight is 240 g/mol. The topological polar surface area (TPSA) is 29.3 Å². The molecule has 1 atom stereocenters. The molecule has 0 amide bonds. The molecule has 0 aliphatic rings. The maximum Gasteiger partial charge on any atom is 0.0183 e. The molecule has 1 unspecified atom stereocenters. The van der Waals surface area contributed by atoms with Crippen LogP contribution in [0.3, 0.4) is 0 Å². The second-order valence-corrected chi connectivity index (χ2v) is 5.23. The van der Waals surface area contributed by atoms with Crippen molar-refractivity contribution in [1.82, 2.24) is 4.90 Å². The van der Waals surface area contributed by atoms with Gasteiger partial charge in [-0.25, -0.2) is 0 Å². The van der Waals surface area contributed by atoms with Gasteiger partial charge in [0.15, 0.2) is 0 Å². The first-order valence-electron chi connectivity index (χ1n) is 6.27. The van der Waals surface area contributed by atoms with E-state index >= 15 is 0 Å². The fraction of sp³-hybridized carbons (Fsp3) is 0.692. The summed E-state index contributed by atoms with van der Waals surface area (Å²) in [7, 11) is 0. The Labute approximate surface area is 103 Å². The van der Waals surface area contributed by atoms with E-state index in [0.29, 0.717) is 5.92 Å². The fourth-order valence-electron chi connectivity index (χ4n) is 2.04. The van der Waals surface area contributed by atoms with Gasteiger partial charge in [0.25, 0.3) is 0 Å². The molecule has 3 heteroatoms. The van der Waals surface area contributed by atoms with Gasteiger partial charge in [-0.3, -0.25) is 0 Å². The molecule has 0 aliphatic carbocycles. The minimum Gasteiger partial charge on any atom is -0.330 e. The number of hydrogen-bond donors (Lipinski definition) is 1. The molecular weight excluding hydrogens is 216 g/mol. The number of rotatable bonds is 8. The summed E-state index contributed by atoms with van der Waals surface area (Å²) in [5.41, 5.74) is 5.88. The van der Waals surface area contributed by atoms with Crippen molar-refractivity contribution in [2.24, 2.45) is 5.73 Å². The van der Waals surface area contributed by atoms with Crippen LogP contribution in [0.15, 0.2) is 17.5 Å². The highest BCUT2D eigenvalue weighted by Gasteiger charge is 2.14. The summed E-state index contributed by atoms with van der Waals surface area (Å²) in [6.07, 6.45) is 2.45. The average Bonchev–Trinajstić information content (AvgIpc) is 2.79. The van der Waals surface area contributed by atoms with Crippen molar-refractivity contribution in [3.05, 3.63) is 22.4 Å². The molecule has 16 heavy (non-hydrogen) atoms. The minimum atomic E-state index is 0.512. The molecule has 0 saturated heterocycles. The van der Waals surface area contributed by atoms with Crippen molar-refractivity contribution in [1.29, 1.82) is 0 Å². The molecule has 1 aromatic rings. The molecule has 0 bridgehead atoms. The van der Waals surface area contributed by atoms with Crippen LogP contribution in [0.5, 0.6) is 0 Å². The van der Waals surface area contributed by atoms with E-state index in [4.69, 9.17) is 5.73 Å². The second-order valence-electron chi connectivity index (χ2n) is 4.25. The summed E-state index contributed by atoms with van der Waals surface area (Å²) in [5.74, 6) is 0.512. The van der Waals surface area contributed by atoms with E-state index in [1.165, 1.54) is 30.8 Å². The van der Waals surface area contributed by atoms with Gasteiger partial charge in [0.2, 0.25) is 0 Å². The van der Waals surface area contributed by atoms with Crippen molar-refractivity contribution >= 4 is 11.3 Å². The second kappa shape index (κ2) is 7.82. The largest absolute Gasteiger partial charge is 0.330 e. The molecule has 0 aromatic carbocycles. The number of thiophene rings is 1. The Morgan fingerprint density at radius 1 is 1.31 bits per heavy atom. The Kier molecular flexibility index (Phi) is 6.69. The maximum atomic E-state index is 5.88. The van der Waals surface area contributed by atoms with Gasteiger partial charge in [0.05, 0.1) is 0 Å². The molecule has 2 nitrogen and oxygen atoms in total. The predicted octanol–water partition coefficient (Wildman–Crippen LogP) is 2.91. The standard InChI is InChI=1S/C13H24N2S/c1-3-7-15(8-4-2)11-12(10-14)13-6-5-9-16-13/h5-6,9,12H,3-4,7-8,10-11,14H2,1-2H3. The quantitative estimate of drug-likeness (QED) is 0.757. The van der Waals surface area contributed by atoms with E-state index in [1.54, 1.807) is 0 Å². The normalized spacial score (nSPS) is 13.2. The Morgan fingerprint density at radius 3 is 2.44 bits per heavy atom. The van der Waals surface area contributed by atoms with Crippen LogP contribution < -0.4 is 5.73 Å². The van der Waals surface area contributed by atoms with E-state index in [1.807, 2.05) is 11.3 Å². The van der Waals surface area contributed by atoms with Crippen LogP contribution in [0.25, 0.3) is 0 Å². The van der Waals surface area contributed by atoms with Crippen molar-refractivity contribution < 1.29 is 0 Å². The monoisotopic (exact) mass is 240 g/mol. The number of nitrogens with two attached hydrogens (primary N) is 1. The van der Waals surface area contributed by atoms with Gasteiger partial charge in [-0.2, -0.15) is 0 Å². The Bertz CT molecular complexity index is 253.